The number of anilines is 2. The van der Waals surface area contributed by atoms with Crippen molar-refractivity contribution < 1.29 is 13.2 Å². The van der Waals surface area contributed by atoms with Crippen molar-refractivity contribution in [2.45, 2.75) is 4.90 Å². The molecule has 1 aromatic heterocycles. The van der Waals surface area contributed by atoms with Crippen molar-refractivity contribution in [3.05, 3.63) is 51.9 Å². The average molecular weight is 437 g/mol. The summed E-state index contributed by atoms with van der Waals surface area (Å²) in [5, 5.41) is 0.140. The molecule has 0 atom stereocenters. The van der Waals surface area contributed by atoms with Crippen LogP contribution in [-0.2, 0) is 28.9 Å². The molecule has 1 aliphatic heterocycles. The second kappa shape index (κ2) is 7.40. The molecule has 3 aromatic rings. The fourth-order valence-electron chi connectivity index (χ4n) is 3.54. The molecule has 1 N–H and O–H groups in total. The van der Waals surface area contributed by atoms with Gasteiger partial charge in [-0.05, 0) is 24.3 Å². The van der Waals surface area contributed by atoms with Crippen LogP contribution in [0.5, 0.6) is 0 Å². The number of nitrogens with zero attached hydrogens (tertiary/aromatic N) is 3. The average Bonchev–Trinajstić information content (AvgIpc) is 2.92. The Balaban J connectivity index is 1.88. The molecule has 0 amide bonds. The van der Waals surface area contributed by atoms with Gasteiger partial charge in [-0.15, -0.1) is 0 Å². The van der Waals surface area contributed by atoms with Gasteiger partial charge in [0.2, 0.25) is 0 Å². The number of ether oxygens (including phenoxy) is 1. The quantitative estimate of drug-likeness (QED) is 0.677. The van der Waals surface area contributed by atoms with Crippen LogP contribution in [0.15, 0.2) is 46.1 Å². The topological polar surface area (TPSA) is 85.6 Å². The first kappa shape index (κ1) is 19.8. The van der Waals surface area contributed by atoms with Crippen molar-refractivity contribution in [2.24, 2.45) is 14.1 Å². The third kappa shape index (κ3) is 3.50. The number of hydrogen-bond donors (Lipinski definition) is 1. The number of morpholine rings is 1. The van der Waals surface area contributed by atoms with Gasteiger partial charge in [0.25, 0.3) is 10.0 Å². The number of benzene rings is 2. The van der Waals surface area contributed by atoms with Crippen molar-refractivity contribution >= 4 is 44.0 Å². The summed E-state index contributed by atoms with van der Waals surface area (Å²) >= 11 is 6.11. The molecule has 4 rings (SSSR count). The van der Waals surface area contributed by atoms with Crippen LogP contribution in [0.2, 0.25) is 5.02 Å². The number of halogens is 1. The first-order chi connectivity index (χ1) is 13.8. The van der Waals surface area contributed by atoms with E-state index in [9.17, 15) is 13.2 Å². The van der Waals surface area contributed by atoms with Crippen LogP contribution < -0.4 is 15.3 Å². The molecule has 10 heteroatoms. The number of hydrogen-bond acceptors (Lipinski definition) is 5. The zero-order chi connectivity index (χ0) is 20.8. The Morgan fingerprint density at radius 2 is 1.66 bits per heavy atom. The molecule has 0 spiro atoms. The minimum Gasteiger partial charge on any atom is -0.378 e. The molecular weight excluding hydrogens is 416 g/mol. The fourth-order valence-corrected chi connectivity index (χ4v) is 5.13. The van der Waals surface area contributed by atoms with Crippen molar-refractivity contribution in [1.29, 1.82) is 0 Å². The second-order valence-corrected chi connectivity index (χ2v) is 8.95. The summed E-state index contributed by atoms with van der Waals surface area (Å²) < 4.78 is 37.2. The van der Waals surface area contributed by atoms with Crippen LogP contribution in [0.4, 0.5) is 11.4 Å². The van der Waals surface area contributed by atoms with E-state index in [-0.39, 0.29) is 15.6 Å². The maximum Gasteiger partial charge on any atom is 0.328 e. The number of sulfonamides is 1. The lowest BCUT2D eigenvalue weighted by atomic mass is 10.2. The largest absolute Gasteiger partial charge is 0.378 e. The Hall–Kier alpha value is -2.49. The summed E-state index contributed by atoms with van der Waals surface area (Å²) in [6.07, 6.45) is 0. The highest BCUT2D eigenvalue weighted by Crippen LogP contribution is 2.34. The van der Waals surface area contributed by atoms with Crippen molar-refractivity contribution in [1.82, 2.24) is 9.13 Å². The molecule has 0 aliphatic carbocycles. The Labute approximate surface area is 173 Å². The lowest BCUT2D eigenvalue weighted by molar-refractivity contribution is 0.123. The molecule has 1 saturated heterocycles. The van der Waals surface area contributed by atoms with Gasteiger partial charge in [0, 0.05) is 27.2 Å². The Kier molecular flexibility index (Phi) is 5.05. The zero-order valence-electron chi connectivity index (χ0n) is 16.1. The van der Waals surface area contributed by atoms with Crippen LogP contribution >= 0.6 is 11.6 Å². The van der Waals surface area contributed by atoms with Gasteiger partial charge in [-0.1, -0.05) is 23.7 Å². The van der Waals surface area contributed by atoms with E-state index in [4.69, 9.17) is 16.3 Å². The van der Waals surface area contributed by atoms with Crippen LogP contribution in [-0.4, -0.2) is 43.9 Å². The molecule has 1 aliphatic rings. The third-order valence-corrected chi connectivity index (χ3v) is 6.98. The molecule has 0 saturated carbocycles. The summed E-state index contributed by atoms with van der Waals surface area (Å²) in [6.45, 7) is 2.32. The predicted octanol–water partition coefficient (Wildman–Crippen LogP) is 2.17. The molecule has 0 bridgehead atoms. The summed E-state index contributed by atoms with van der Waals surface area (Å²) in [5.74, 6) is 0. The predicted molar refractivity (Wildman–Crippen MR) is 113 cm³/mol. The minimum atomic E-state index is -3.92. The maximum absolute atomic E-state index is 13.0. The first-order valence-electron chi connectivity index (χ1n) is 9.09. The van der Waals surface area contributed by atoms with Gasteiger partial charge >= 0.3 is 5.69 Å². The van der Waals surface area contributed by atoms with E-state index in [1.807, 2.05) is 11.0 Å². The zero-order valence-corrected chi connectivity index (χ0v) is 17.6. The number of aryl methyl sites for hydroxylation is 2. The lowest BCUT2D eigenvalue weighted by Gasteiger charge is -2.30. The van der Waals surface area contributed by atoms with Gasteiger partial charge in [0.1, 0.15) is 4.90 Å². The van der Waals surface area contributed by atoms with Gasteiger partial charge in [-0.3, -0.25) is 13.9 Å². The molecule has 0 radical (unpaired) electrons. The summed E-state index contributed by atoms with van der Waals surface area (Å²) in [6, 6.07) is 9.81. The molecular formula is C19H21ClN4O4S. The monoisotopic (exact) mass is 436 g/mol. The molecule has 8 nitrogen and oxygen atoms in total. The molecule has 154 valence electrons. The maximum atomic E-state index is 13.0. The Morgan fingerprint density at radius 3 is 2.31 bits per heavy atom. The minimum absolute atomic E-state index is 0.00311. The number of aromatic nitrogens is 2. The molecule has 1 fully saturated rings. The van der Waals surface area contributed by atoms with E-state index < -0.39 is 10.0 Å². The Bertz CT molecular complexity index is 1240. The Morgan fingerprint density at radius 1 is 1.03 bits per heavy atom. The van der Waals surface area contributed by atoms with Crippen LogP contribution in [0.25, 0.3) is 11.0 Å². The van der Waals surface area contributed by atoms with Crippen LogP contribution in [0.3, 0.4) is 0 Å². The van der Waals surface area contributed by atoms with E-state index in [0.29, 0.717) is 43.2 Å². The van der Waals surface area contributed by atoms with Gasteiger partial charge in [-0.2, -0.15) is 0 Å². The number of imidazole rings is 1. The van der Waals surface area contributed by atoms with Gasteiger partial charge < -0.3 is 9.64 Å². The van der Waals surface area contributed by atoms with Crippen molar-refractivity contribution in [3.8, 4) is 0 Å². The number of rotatable bonds is 4. The van der Waals surface area contributed by atoms with E-state index >= 15 is 0 Å². The molecule has 0 unspecified atom stereocenters. The smallest absolute Gasteiger partial charge is 0.328 e. The van der Waals surface area contributed by atoms with Gasteiger partial charge in [-0.25, -0.2) is 13.2 Å². The van der Waals surface area contributed by atoms with Crippen molar-refractivity contribution in [2.75, 3.05) is 35.9 Å². The molecule has 2 heterocycles. The van der Waals surface area contributed by atoms with Crippen LogP contribution in [0.1, 0.15) is 0 Å². The highest BCUT2D eigenvalue weighted by molar-refractivity contribution is 7.92. The van der Waals surface area contributed by atoms with E-state index in [1.165, 1.54) is 16.7 Å². The van der Waals surface area contributed by atoms with Crippen molar-refractivity contribution in [3.63, 3.8) is 0 Å². The number of nitrogens with one attached hydrogen (secondary N) is 1. The van der Waals surface area contributed by atoms with E-state index in [0.717, 1.165) is 5.52 Å². The lowest BCUT2D eigenvalue weighted by Crippen LogP contribution is -2.36. The first-order valence-corrected chi connectivity index (χ1v) is 11.0. The third-order valence-electron chi connectivity index (χ3n) is 5.11. The molecule has 29 heavy (non-hydrogen) atoms. The van der Waals surface area contributed by atoms with Gasteiger partial charge in [0.15, 0.2) is 0 Å². The normalized spacial score (nSPS) is 15.1. The van der Waals surface area contributed by atoms with E-state index in [2.05, 4.69) is 4.72 Å². The fraction of sp³-hybridized carbons (Fsp3) is 0.316. The number of fused-ring (bicyclic) bond motifs is 1. The molecule has 2 aromatic carbocycles. The van der Waals surface area contributed by atoms with E-state index in [1.54, 1.807) is 36.9 Å². The summed E-state index contributed by atoms with van der Waals surface area (Å²) in [5.41, 5.74) is 2.25. The SMILES string of the molecule is Cn1c(=O)n(C)c2cc(N3CCOCC3)c(NS(=O)(=O)c3ccccc3Cl)cc21. The van der Waals surface area contributed by atoms with Crippen LogP contribution in [0, 0.1) is 0 Å². The highest BCUT2D eigenvalue weighted by Gasteiger charge is 2.24. The van der Waals surface area contributed by atoms with Gasteiger partial charge in [0.05, 0.1) is 40.6 Å². The standard InChI is InChI=1S/C19H21ClN4O4S/c1-22-16-11-14(21-29(26,27)18-6-4-3-5-13(18)20)15(24-7-9-28-10-8-24)12-17(16)23(2)19(22)25/h3-6,11-12,21H,7-10H2,1-2H3. The highest BCUT2D eigenvalue weighted by atomic mass is 35.5. The second-order valence-electron chi connectivity index (χ2n) is 6.89. The summed E-state index contributed by atoms with van der Waals surface area (Å²) in [7, 11) is -0.570. The summed E-state index contributed by atoms with van der Waals surface area (Å²) in [4.78, 5) is 14.4.